The van der Waals surface area contributed by atoms with Gasteiger partial charge in [-0.25, -0.2) is 9.13 Å². The maximum absolute atomic E-state index is 13.1. The van der Waals surface area contributed by atoms with E-state index in [1.807, 2.05) is 0 Å². The van der Waals surface area contributed by atoms with Crippen LogP contribution in [0.3, 0.4) is 0 Å². The number of phosphoric acid groups is 2. The summed E-state index contributed by atoms with van der Waals surface area (Å²) in [7, 11) is -9.92. The minimum Gasteiger partial charge on any atom is -0.462 e. The van der Waals surface area contributed by atoms with Crippen molar-refractivity contribution in [2.75, 3.05) is 39.6 Å². The summed E-state index contributed by atoms with van der Waals surface area (Å²) in [5.41, 5.74) is 0. The van der Waals surface area contributed by atoms with Crippen LogP contribution < -0.4 is 0 Å². The summed E-state index contributed by atoms with van der Waals surface area (Å²) in [5, 5.41) is 10.6. The van der Waals surface area contributed by atoms with Gasteiger partial charge >= 0.3 is 39.5 Å². The molecule has 0 aromatic carbocycles. The Morgan fingerprint density at radius 1 is 0.344 bits per heavy atom. The van der Waals surface area contributed by atoms with Gasteiger partial charge in [-0.3, -0.25) is 37.3 Å². The van der Waals surface area contributed by atoms with Crippen molar-refractivity contribution in [2.45, 2.75) is 369 Å². The normalized spacial score (nSPS) is 15.2. The van der Waals surface area contributed by atoms with Gasteiger partial charge in [0, 0.05) is 25.7 Å². The number of aliphatic hydroxyl groups is 1. The van der Waals surface area contributed by atoms with Crippen LogP contribution in [0.2, 0.25) is 0 Å². The predicted molar refractivity (Wildman–Crippen MR) is 377 cm³/mol. The fraction of sp³-hybridized carbons (Fsp3) is 0.892. The molecule has 0 saturated carbocycles. The summed E-state index contributed by atoms with van der Waals surface area (Å²) in [6, 6.07) is 0. The molecule has 0 spiro atoms. The zero-order valence-electron chi connectivity index (χ0n) is 60.2. The van der Waals surface area contributed by atoms with Gasteiger partial charge in [-0.1, -0.05) is 297 Å². The maximum Gasteiger partial charge on any atom is 0.472 e. The number of hydrogen-bond donors (Lipinski definition) is 3. The minimum absolute atomic E-state index is 0.0844. The van der Waals surface area contributed by atoms with Gasteiger partial charge in [0.05, 0.1) is 26.4 Å². The molecule has 0 heterocycles. The molecular formula is C74H140O17P2. The molecule has 0 aliphatic rings. The number of unbranched alkanes of at least 4 members (excludes halogenated alkanes) is 32. The number of aliphatic hydroxyl groups excluding tert-OH is 1. The van der Waals surface area contributed by atoms with Crippen molar-refractivity contribution in [3.63, 3.8) is 0 Å². The Hall–Kier alpha value is -2.46. The molecule has 0 rings (SSSR count). The van der Waals surface area contributed by atoms with E-state index in [-0.39, 0.29) is 25.7 Å². The zero-order chi connectivity index (χ0) is 68.7. The van der Waals surface area contributed by atoms with E-state index in [9.17, 15) is 43.2 Å². The Morgan fingerprint density at radius 3 is 0.903 bits per heavy atom. The first-order valence-electron chi connectivity index (χ1n) is 37.8. The van der Waals surface area contributed by atoms with Crippen molar-refractivity contribution < 1.29 is 80.2 Å². The lowest BCUT2D eigenvalue weighted by molar-refractivity contribution is -0.161. The molecule has 0 aliphatic carbocycles. The molecule has 548 valence electrons. The Kier molecular flexibility index (Phi) is 62.5. The van der Waals surface area contributed by atoms with Gasteiger partial charge in [0.2, 0.25) is 0 Å². The fourth-order valence-corrected chi connectivity index (χ4v) is 12.2. The second-order valence-corrected chi connectivity index (χ2v) is 29.6. The van der Waals surface area contributed by atoms with E-state index >= 15 is 0 Å². The largest absolute Gasteiger partial charge is 0.472 e. The second kappa shape index (κ2) is 64.2. The highest BCUT2D eigenvalue weighted by Crippen LogP contribution is 2.45. The molecule has 0 aliphatic heterocycles. The molecule has 0 amide bonds. The predicted octanol–water partition coefficient (Wildman–Crippen LogP) is 21.0. The van der Waals surface area contributed by atoms with Crippen molar-refractivity contribution in [1.82, 2.24) is 0 Å². The first-order valence-corrected chi connectivity index (χ1v) is 40.8. The van der Waals surface area contributed by atoms with Gasteiger partial charge in [-0.2, -0.15) is 0 Å². The quantitative estimate of drug-likeness (QED) is 0.0169. The number of allylic oxidation sites excluding steroid dienone is 4. The highest BCUT2D eigenvalue weighted by Gasteiger charge is 2.30. The Morgan fingerprint density at radius 2 is 0.602 bits per heavy atom. The van der Waals surface area contributed by atoms with Gasteiger partial charge in [0.1, 0.15) is 19.3 Å². The number of carbonyl (C=O) groups is 4. The van der Waals surface area contributed by atoms with Crippen molar-refractivity contribution in [1.29, 1.82) is 0 Å². The van der Waals surface area contributed by atoms with Crippen LogP contribution in [0.4, 0.5) is 0 Å². The van der Waals surface area contributed by atoms with Gasteiger partial charge in [-0.05, 0) is 69.1 Å². The maximum atomic E-state index is 13.1. The van der Waals surface area contributed by atoms with E-state index in [2.05, 4.69) is 72.8 Å². The van der Waals surface area contributed by atoms with Crippen molar-refractivity contribution in [3.8, 4) is 0 Å². The number of phosphoric ester groups is 2. The smallest absolute Gasteiger partial charge is 0.462 e. The lowest BCUT2D eigenvalue weighted by atomic mass is 9.99. The van der Waals surface area contributed by atoms with E-state index in [1.54, 1.807) is 0 Å². The zero-order valence-corrected chi connectivity index (χ0v) is 62.0. The topological polar surface area (TPSA) is 237 Å². The summed E-state index contributed by atoms with van der Waals surface area (Å²) in [4.78, 5) is 72.7. The summed E-state index contributed by atoms with van der Waals surface area (Å²) >= 11 is 0. The molecule has 8 atom stereocenters. The highest BCUT2D eigenvalue weighted by atomic mass is 31.2. The van der Waals surface area contributed by atoms with Crippen LogP contribution in [0.1, 0.15) is 350 Å². The molecule has 17 nitrogen and oxygen atoms in total. The van der Waals surface area contributed by atoms with Crippen molar-refractivity contribution in [2.24, 2.45) is 17.8 Å². The van der Waals surface area contributed by atoms with Crippen LogP contribution in [-0.4, -0.2) is 96.7 Å². The molecule has 0 bridgehead atoms. The first-order chi connectivity index (χ1) is 44.8. The summed E-state index contributed by atoms with van der Waals surface area (Å²) in [6.07, 6.45) is 52.0. The SMILES string of the molecule is CCCCCC/C=C\C=C/CCCCCCCC(=O)O[C@H](COC(=O)CCCCCCCCCCCCC(C)CC)COP(=O)(O)OC[C@@H](O)COP(=O)(O)OC[C@@H](COC(=O)CCCCCCCCC(C)CC)OC(=O)CCCCCCCCCCCCC(C)CC. The van der Waals surface area contributed by atoms with Crippen LogP contribution in [0.5, 0.6) is 0 Å². The summed E-state index contributed by atoms with van der Waals surface area (Å²) < 4.78 is 68.4. The highest BCUT2D eigenvalue weighted by molar-refractivity contribution is 7.47. The molecule has 93 heavy (non-hydrogen) atoms. The number of ether oxygens (including phenoxy) is 4. The van der Waals surface area contributed by atoms with Gasteiger partial charge < -0.3 is 33.8 Å². The average Bonchev–Trinajstić information content (AvgIpc) is 2.40. The molecular weight excluding hydrogens is 1220 g/mol. The third-order valence-corrected chi connectivity index (χ3v) is 19.5. The van der Waals surface area contributed by atoms with Crippen LogP contribution in [-0.2, 0) is 65.4 Å². The molecule has 19 heteroatoms. The molecule has 0 fully saturated rings. The van der Waals surface area contributed by atoms with E-state index < -0.39 is 97.5 Å². The second-order valence-electron chi connectivity index (χ2n) is 26.7. The summed E-state index contributed by atoms with van der Waals surface area (Å²) in [6.45, 7) is 11.8. The van der Waals surface area contributed by atoms with Crippen molar-refractivity contribution >= 4 is 39.5 Å². The molecule has 3 N–H and O–H groups in total. The van der Waals surface area contributed by atoms with Gasteiger partial charge in [0.25, 0.3) is 0 Å². The average molecular weight is 1360 g/mol. The molecule has 0 aromatic heterocycles. The summed E-state index contributed by atoms with van der Waals surface area (Å²) in [5.74, 6) is 0.185. The number of hydrogen-bond acceptors (Lipinski definition) is 15. The van der Waals surface area contributed by atoms with Crippen molar-refractivity contribution in [3.05, 3.63) is 24.3 Å². The van der Waals surface area contributed by atoms with Crippen LogP contribution in [0, 0.1) is 17.8 Å². The Balaban J connectivity index is 5.31. The number of rotatable bonds is 70. The first kappa shape index (κ1) is 90.5. The van der Waals surface area contributed by atoms with Crippen LogP contribution in [0.15, 0.2) is 24.3 Å². The number of carbonyl (C=O) groups excluding carboxylic acids is 4. The Labute approximate surface area is 567 Å². The fourth-order valence-electron chi connectivity index (χ4n) is 10.6. The van der Waals surface area contributed by atoms with E-state index in [4.69, 9.17) is 37.0 Å². The number of esters is 4. The minimum atomic E-state index is -4.96. The Bertz CT molecular complexity index is 1920. The monoisotopic (exact) mass is 1360 g/mol. The lowest BCUT2D eigenvalue weighted by Crippen LogP contribution is -2.30. The van der Waals surface area contributed by atoms with Gasteiger partial charge in [0.15, 0.2) is 12.2 Å². The molecule has 0 aromatic rings. The van der Waals surface area contributed by atoms with E-state index in [1.165, 1.54) is 141 Å². The molecule has 0 saturated heterocycles. The van der Waals surface area contributed by atoms with E-state index in [0.717, 1.165) is 127 Å². The molecule has 0 radical (unpaired) electrons. The van der Waals surface area contributed by atoms with Crippen LogP contribution in [0.25, 0.3) is 0 Å². The van der Waals surface area contributed by atoms with Gasteiger partial charge in [-0.15, -0.1) is 0 Å². The standard InChI is InChI=1S/C74H140O17P2/c1-8-12-13-14-15-16-17-18-19-20-21-29-34-43-50-57-73(78)90-69(61-84-71(76)55-48-41-33-28-24-22-26-31-38-45-52-65(5)9-2)63-88-92(80,81)86-59-68(75)60-87-93(82,83)89-64-70(62-85-72(77)56-49-42-37-36-40-47-54-67(7)11-4)91-74(79)58-51-44-35-30-25-23-27-32-39-46-53-66(6)10-3/h16-19,65-70,75H,8-15,20-64H2,1-7H3,(H,80,81)(H,82,83)/b17-16-,19-18-/t65?,66?,67?,68-,69-,70-/m1/s1. The lowest BCUT2D eigenvalue weighted by Gasteiger charge is -2.21. The third-order valence-electron chi connectivity index (χ3n) is 17.6. The van der Waals surface area contributed by atoms with E-state index in [0.29, 0.717) is 25.7 Å². The third kappa shape index (κ3) is 64.0. The molecule has 5 unspecified atom stereocenters. The van der Waals surface area contributed by atoms with Crippen LogP contribution >= 0.6 is 15.6 Å².